The summed E-state index contributed by atoms with van der Waals surface area (Å²) in [4.78, 5) is 12.2. The summed E-state index contributed by atoms with van der Waals surface area (Å²) in [6, 6.07) is 5.77. The molecule has 1 fully saturated rings. The Morgan fingerprint density at radius 3 is 2.69 bits per heavy atom. The van der Waals surface area contributed by atoms with Gasteiger partial charge >= 0.3 is 0 Å². The summed E-state index contributed by atoms with van der Waals surface area (Å²) < 4.78 is 5.31. The third-order valence-electron chi connectivity index (χ3n) is 3.45. The molecule has 0 amide bonds. The maximum Gasteiger partial charge on any atom is 0.166 e. The third kappa shape index (κ3) is 1.84. The number of ketones is 1. The number of benzene rings is 1. The van der Waals surface area contributed by atoms with Crippen molar-refractivity contribution in [2.75, 3.05) is 7.11 Å². The molecule has 16 heavy (non-hydrogen) atoms. The van der Waals surface area contributed by atoms with Crippen LogP contribution in [0.5, 0.6) is 5.75 Å². The molecule has 0 bridgehead atoms. The number of carbonyl (C=O) groups is 1. The predicted molar refractivity (Wildman–Crippen MR) is 64.0 cm³/mol. The van der Waals surface area contributed by atoms with Crippen molar-refractivity contribution in [3.63, 3.8) is 0 Å². The van der Waals surface area contributed by atoms with Gasteiger partial charge in [-0.3, -0.25) is 4.79 Å². The molecule has 2 rings (SSSR count). The van der Waals surface area contributed by atoms with Crippen molar-refractivity contribution in [2.45, 2.75) is 32.6 Å². The third-order valence-corrected chi connectivity index (χ3v) is 3.45. The minimum Gasteiger partial charge on any atom is -0.496 e. The topological polar surface area (TPSA) is 26.3 Å². The average Bonchev–Trinajstić information content (AvgIpc) is 2.25. The molecule has 0 radical (unpaired) electrons. The number of rotatable bonds is 4. The summed E-state index contributed by atoms with van der Waals surface area (Å²) in [5.74, 6) is 1.41. The number of hydrogen-bond acceptors (Lipinski definition) is 2. The fraction of sp³-hybridized carbons (Fsp3) is 0.500. The number of hydrogen-bond donors (Lipinski definition) is 0. The number of carbonyl (C=O) groups excluding carboxylic acids is 1. The van der Waals surface area contributed by atoms with Crippen LogP contribution in [0.25, 0.3) is 0 Å². The number of Topliss-reactive ketones (excluding diaryl/α,β-unsaturated/α-hetero) is 1. The van der Waals surface area contributed by atoms with Gasteiger partial charge in [-0.2, -0.15) is 0 Å². The zero-order chi connectivity index (χ0) is 11.5. The van der Waals surface area contributed by atoms with E-state index in [1.165, 1.54) is 6.42 Å². The molecule has 1 aromatic carbocycles. The van der Waals surface area contributed by atoms with Crippen LogP contribution in [-0.2, 0) is 6.42 Å². The van der Waals surface area contributed by atoms with Gasteiger partial charge in [0.1, 0.15) is 5.75 Å². The highest BCUT2D eigenvalue weighted by molar-refractivity contribution is 6.00. The summed E-state index contributed by atoms with van der Waals surface area (Å²) >= 11 is 0. The highest BCUT2D eigenvalue weighted by atomic mass is 16.5. The van der Waals surface area contributed by atoms with Crippen molar-refractivity contribution in [3.8, 4) is 5.75 Å². The Kier molecular flexibility index (Phi) is 3.28. The molecule has 2 heteroatoms. The van der Waals surface area contributed by atoms with Crippen molar-refractivity contribution in [1.82, 2.24) is 0 Å². The Balaban J connectivity index is 2.34. The quantitative estimate of drug-likeness (QED) is 0.725. The Morgan fingerprint density at radius 2 is 2.19 bits per heavy atom. The van der Waals surface area contributed by atoms with Gasteiger partial charge in [-0.05, 0) is 25.3 Å². The second kappa shape index (κ2) is 4.69. The maximum absolute atomic E-state index is 12.2. The molecule has 0 spiro atoms. The van der Waals surface area contributed by atoms with Crippen LogP contribution in [0, 0.1) is 5.92 Å². The monoisotopic (exact) mass is 218 g/mol. The molecule has 2 nitrogen and oxygen atoms in total. The Morgan fingerprint density at radius 1 is 1.44 bits per heavy atom. The molecular formula is C14H18O2. The van der Waals surface area contributed by atoms with Gasteiger partial charge in [0.05, 0.1) is 7.11 Å². The van der Waals surface area contributed by atoms with Gasteiger partial charge < -0.3 is 4.74 Å². The summed E-state index contributed by atoms with van der Waals surface area (Å²) in [6.45, 7) is 2.06. The van der Waals surface area contributed by atoms with E-state index < -0.39 is 0 Å². The molecule has 0 saturated heterocycles. The Bertz CT molecular complexity index is 392. The van der Waals surface area contributed by atoms with Crippen molar-refractivity contribution < 1.29 is 9.53 Å². The van der Waals surface area contributed by atoms with Gasteiger partial charge in [0.15, 0.2) is 5.78 Å². The van der Waals surface area contributed by atoms with Crippen LogP contribution >= 0.6 is 0 Å². The smallest absolute Gasteiger partial charge is 0.166 e. The van der Waals surface area contributed by atoms with Crippen LogP contribution < -0.4 is 4.74 Å². The standard InChI is InChI=1S/C14H18O2/c1-3-11-12(8-5-9-13(11)16-2)14(15)10-6-4-7-10/h5,8-10H,3-4,6-7H2,1-2H3. The molecule has 1 aliphatic carbocycles. The van der Waals surface area contributed by atoms with Crippen LogP contribution in [0.2, 0.25) is 0 Å². The molecule has 0 atom stereocenters. The molecule has 1 aromatic rings. The van der Waals surface area contributed by atoms with E-state index in [-0.39, 0.29) is 5.92 Å². The maximum atomic E-state index is 12.2. The van der Waals surface area contributed by atoms with Gasteiger partial charge in [0, 0.05) is 17.0 Å². The van der Waals surface area contributed by atoms with E-state index in [1.807, 2.05) is 18.2 Å². The molecule has 1 saturated carbocycles. The minimum atomic E-state index is 0.261. The van der Waals surface area contributed by atoms with Crippen LogP contribution in [0.4, 0.5) is 0 Å². The SMILES string of the molecule is CCc1c(OC)cccc1C(=O)C1CCC1. The molecule has 0 N–H and O–H groups in total. The zero-order valence-corrected chi connectivity index (χ0v) is 9.95. The van der Waals surface area contributed by atoms with Crippen LogP contribution in [0.1, 0.15) is 42.1 Å². The van der Waals surface area contributed by atoms with E-state index in [0.717, 1.165) is 36.1 Å². The lowest BCUT2D eigenvalue weighted by molar-refractivity contribution is 0.0854. The van der Waals surface area contributed by atoms with E-state index >= 15 is 0 Å². The number of methoxy groups -OCH3 is 1. The fourth-order valence-electron chi connectivity index (χ4n) is 2.24. The van der Waals surface area contributed by atoms with Crippen molar-refractivity contribution in [2.24, 2.45) is 5.92 Å². The Hall–Kier alpha value is -1.31. The average molecular weight is 218 g/mol. The fourth-order valence-corrected chi connectivity index (χ4v) is 2.24. The van der Waals surface area contributed by atoms with Gasteiger partial charge in [-0.1, -0.05) is 25.5 Å². The first-order valence-electron chi connectivity index (χ1n) is 5.98. The predicted octanol–water partition coefficient (Wildman–Crippen LogP) is 3.24. The van der Waals surface area contributed by atoms with Crippen LogP contribution in [0.3, 0.4) is 0 Å². The van der Waals surface area contributed by atoms with Gasteiger partial charge in [0.2, 0.25) is 0 Å². The van der Waals surface area contributed by atoms with Gasteiger partial charge in [-0.25, -0.2) is 0 Å². The zero-order valence-electron chi connectivity index (χ0n) is 9.95. The van der Waals surface area contributed by atoms with E-state index in [1.54, 1.807) is 7.11 Å². The first kappa shape index (κ1) is 11.2. The Labute approximate surface area is 96.6 Å². The lowest BCUT2D eigenvalue weighted by Gasteiger charge is -2.25. The van der Waals surface area contributed by atoms with Crippen LogP contribution in [-0.4, -0.2) is 12.9 Å². The summed E-state index contributed by atoms with van der Waals surface area (Å²) in [5.41, 5.74) is 1.92. The first-order chi connectivity index (χ1) is 7.77. The molecule has 0 aromatic heterocycles. The van der Waals surface area contributed by atoms with Crippen molar-refractivity contribution >= 4 is 5.78 Å². The van der Waals surface area contributed by atoms with E-state index in [0.29, 0.717) is 5.78 Å². The summed E-state index contributed by atoms with van der Waals surface area (Å²) in [5, 5.41) is 0. The highest BCUT2D eigenvalue weighted by Crippen LogP contribution is 2.32. The van der Waals surface area contributed by atoms with Gasteiger partial charge in [0.25, 0.3) is 0 Å². The molecule has 0 heterocycles. The molecule has 1 aliphatic rings. The van der Waals surface area contributed by atoms with E-state index in [9.17, 15) is 4.79 Å². The lowest BCUT2D eigenvalue weighted by atomic mass is 9.79. The summed E-state index contributed by atoms with van der Waals surface area (Å²) in [6.07, 6.45) is 4.15. The second-order valence-electron chi connectivity index (χ2n) is 4.33. The lowest BCUT2D eigenvalue weighted by Crippen LogP contribution is -2.23. The summed E-state index contributed by atoms with van der Waals surface area (Å²) in [7, 11) is 1.66. The van der Waals surface area contributed by atoms with Crippen molar-refractivity contribution in [1.29, 1.82) is 0 Å². The number of ether oxygens (including phenoxy) is 1. The van der Waals surface area contributed by atoms with Gasteiger partial charge in [-0.15, -0.1) is 0 Å². The van der Waals surface area contributed by atoms with Crippen molar-refractivity contribution in [3.05, 3.63) is 29.3 Å². The molecular weight excluding hydrogens is 200 g/mol. The van der Waals surface area contributed by atoms with E-state index in [2.05, 4.69) is 6.92 Å². The van der Waals surface area contributed by atoms with E-state index in [4.69, 9.17) is 4.74 Å². The normalized spacial score (nSPS) is 15.6. The van der Waals surface area contributed by atoms with Crippen LogP contribution in [0.15, 0.2) is 18.2 Å². The molecule has 0 unspecified atom stereocenters. The second-order valence-corrected chi connectivity index (χ2v) is 4.33. The largest absolute Gasteiger partial charge is 0.496 e. The highest BCUT2D eigenvalue weighted by Gasteiger charge is 2.28. The molecule has 86 valence electrons. The first-order valence-corrected chi connectivity index (χ1v) is 5.98. The molecule has 0 aliphatic heterocycles. The minimum absolute atomic E-state index is 0.261.